The molecule has 0 aromatic heterocycles. The summed E-state index contributed by atoms with van der Waals surface area (Å²) in [5.74, 6) is 0.936. The summed E-state index contributed by atoms with van der Waals surface area (Å²) < 4.78 is 16.7. The molecule has 7 heteroatoms. The molecule has 1 atom stereocenters. The molecule has 5 rings (SSSR count). The number of carbonyl (C=O) groups excluding carboxylic acids is 2. The van der Waals surface area contributed by atoms with E-state index in [0.717, 1.165) is 11.1 Å². The van der Waals surface area contributed by atoms with Gasteiger partial charge in [0.15, 0.2) is 11.5 Å². The Hall–Kier alpha value is -4.00. The van der Waals surface area contributed by atoms with Crippen LogP contribution in [-0.4, -0.2) is 31.3 Å². The van der Waals surface area contributed by atoms with Gasteiger partial charge in [-0.3, -0.25) is 9.69 Å². The van der Waals surface area contributed by atoms with Gasteiger partial charge >= 0.3 is 6.09 Å². The number of benzene rings is 3. The highest BCUT2D eigenvalue weighted by Gasteiger charge is 2.39. The quantitative estimate of drug-likeness (QED) is 0.673. The average molecular weight is 430 g/mol. The standard InChI is InChI=1S/C25H22N2O5/c28-24(26-19-10-11-22-23(15-19)31-13-12-30-22)21-14-18-8-4-5-9-20(18)27(21)25(29)32-16-17-6-2-1-3-7-17/h1-11,15,21H,12-14,16H2,(H,26,28)/t21-/m1/s1. The third-order valence-corrected chi connectivity index (χ3v) is 5.49. The Balaban J connectivity index is 1.34. The topological polar surface area (TPSA) is 77.1 Å². The number of carbonyl (C=O) groups is 2. The number of para-hydroxylation sites is 1. The predicted octanol–water partition coefficient (Wildman–Crippen LogP) is 4.16. The van der Waals surface area contributed by atoms with Crippen molar-refractivity contribution in [3.05, 3.63) is 83.9 Å². The Morgan fingerprint density at radius 3 is 2.53 bits per heavy atom. The predicted molar refractivity (Wildman–Crippen MR) is 119 cm³/mol. The van der Waals surface area contributed by atoms with Gasteiger partial charge in [0.05, 0.1) is 5.69 Å². The van der Waals surface area contributed by atoms with E-state index in [0.29, 0.717) is 42.5 Å². The van der Waals surface area contributed by atoms with Crippen LogP contribution in [-0.2, 0) is 22.6 Å². The maximum atomic E-state index is 13.2. The van der Waals surface area contributed by atoms with Crippen molar-refractivity contribution < 1.29 is 23.8 Å². The first kappa shape index (κ1) is 19.9. The van der Waals surface area contributed by atoms with Crippen LogP contribution in [0.1, 0.15) is 11.1 Å². The van der Waals surface area contributed by atoms with Gasteiger partial charge in [0, 0.05) is 18.2 Å². The Kier molecular flexibility index (Phi) is 5.37. The lowest BCUT2D eigenvalue weighted by molar-refractivity contribution is -0.117. The maximum Gasteiger partial charge on any atom is 0.415 e. The molecule has 32 heavy (non-hydrogen) atoms. The largest absolute Gasteiger partial charge is 0.486 e. The van der Waals surface area contributed by atoms with Crippen molar-refractivity contribution in [3.63, 3.8) is 0 Å². The highest BCUT2D eigenvalue weighted by Crippen LogP contribution is 2.35. The second-order valence-corrected chi connectivity index (χ2v) is 7.61. The maximum absolute atomic E-state index is 13.2. The Morgan fingerprint density at radius 2 is 1.69 bits per heavy atom. The first-order valence-corrected chi connectivity index (χ1v) is 10.5. The lowest BCUT2D eigenvalue weighted by Gasteiger charge is -2.24. The Morgan fingerprint density at radius 1 is 0.938 bits per heavy atom. The Labute approximate surface area is 185 Å². The molecule has 3 aromatic rings. The van der Waals surface area contributed by atoms with Gasteiger partial charge in [-0.2, -0.15) is 0 Å². The number of hydrogen-bond acceptors (Lipinski definition) is 5. The fourth-order valence-corrected chi connectivity index (χ4v) is 3.96. The van der Waals surface area contributed by atoms with Crippen molar-refractivity contribution in [1.82, 2.24) is 0 Å². The van der Waals surface area contributed by atoms with Crippen LogP contribution in [0, 0.1) is 0 Å². The molecule has 0 aliphatic carbocycles. The fraction of sp³-hybridized carbons (Fsp3) is 0.200. The van der Waals surface area contributed by atoms with Crippen molar-refractivity contribution >= 4 is 23.4 Å². The van der Waals surface area contributed by atoms with Crippen molar-refractivity contribution in [2.45, 2.75) is 19.1 Å². The minimum absolute atomic E-state index is 0.134. The molecule has 1 N–H and O–H groups in total. The minimum atomic E-state index is -0.719. The second kappa shape index (κ2) is 8.63. The summed E-state index contributed by atoms with van der Waals surface area (Å²) in [6.45, 7) is 1.09. The van der Waals surface area contributed by atoms with E-state index in [-0.39, 0.29) is 12.5 Å². The van der Waals surface area contributed by atoms with Crippen LogP contribution >= 0.6 is 0 Å². The van der Waals surface area contributed by atoms with E-state index in [9.17, 15) is 9.59 Å². The van der Waals surface area contributed by atoms with Crippen LogP contribution in [0.25, 0.3) is 0 Å². The molecule has 2 amide bonds. The summed E-state index contributed by atoms with van der Waals surface area (Å²) in [6, 6.07) is 21.5. The van der Waals surface area contributed by atoms with E-state index < -0.39 is 12.1 Å². The Bertz CT molecular complexity index is 1150. The zero-order valence-corrected chi connectivity index (χ0v) is 17.3. The monoisotopic (exact) mass is 430 g/mol. The summed E-state index contributed by atoms with van der Waals surface area (Å²) in [4.78, 5) is 27.7. The summed E-state index contributed by atoms with van der Waals surface area (Å²) in [6.07, 6.45) is -0.145. The number of hydrogen-bond donors (Lipinski definition) is 1. The number of nitrogens with zero attached hydrogens (tertiary/aromatic N) is 1. The number of ether oxygens (including phenoxy) is 3. The fourth-order valence-electron chi connectivity index (χ4n) is 3.96. The molecular weight excluding hydrogens is 408 g/mol. The summed E-state index contributed by atoms with van der Waals surface area (Å²) in [5.41, 5.74) is 3.07. The van der Waals surface area contributed by atoms with Gasteiger partial charge in [0.2, 0.25) is 5.91 Å². The lowest BCUT2D eigenvalue weighted by atomic mass is 10.1. The first-order valence-electron chi connectivity index (χ1n) is 10.5. The third kappa shape index (κ3) is 3.97. The molecule has 0 bridgehead atoms. The molecule has 2 aliphatic rings. The highest BCUT2D eigenvalue weighted by atomic mass is 16.6. The van der Waals surface area contributed by atoms with Crippen LogP contribution in [0.2, 0.25) is 0 Å². The molecule has 0 spiro atoms. The summed E-state index contributed by atoms with van der Waals surface area (Å²) in [5, 5.41) is 2.90. The number of rotatable bonds is 4. The van der Waals surface area contributed by atoms with Crippen LogP contribution in [0.3, 0.4) is 0 Å². The number of amides is 2. The van der Waals surface area contributed by atoms with Gasteiger partial charge in [-0.15, -0.1) is 0 Å². The van der Waals surface area contributed by atoms with E-state index in [1.165, 1.54) is 4.90 Å². The minimum Gasteiger partial charge on any atom is -0.486 e. The molecule has 162 valence electrons. The van der Waals surface area contributed by atoms with E-state index >= 15 is 0 Å². The highest BCUT2D eigenvalue weighted by molar-refractivity contribution is 6.05. The van der Waals surface area contributed by atoms with E-state index in [2.05, 4.69) is 5.32 Å². The molecule has 0 unspecified atom stereocenters. The van der Waals surface area contributed by atoms with E-state index in [1.54, 1.807) is 18.2 Å². The van der Waals surface area contributed by atoms with Crippen LogP contribution in [0.5, 0.6) is 11.5 Å². The van der Waals surface area contributed by atoms with Crippen LogP contribution in [0.15, 0.2) is 72.8 Å². The van der Waals surface area contributed by atoms with Crippen molar-refractivity contribution in [2.24, 2.45) is 0 Å². The van der Waals surface area contributed by atoms with Crippen molar-refractivity contribution in [2.75, 3.05) is 23.4 Å². The van der Waals surface area contributed by atoms with Crippen LogP contribution < -0.4 is 19.7 Å². The summed E-state index contributed by atoms with van der Waals surface area (Å²) in [7, 11) is 0. The van der Waals surface area contributed by atoms with Gasteiger partial charge < -0.3 is 19.5 Å². The first-order chi connectivity index (χ1) is 15.7. The molecule has 2 aliphatic heterocycles. The smallest absolute Gasteiger partial charge is 0.415 e. The van der Waals surface area contributed by atoms with Gasteiger partial charge in [0.1, 0.15) is 25.9 Å². The molecule has 0 saturated carbocycles. The van der Waals surface area contributed by atoms with Gasteiger partial charge in [-0.25, -0.2) is 4.79 Å². The molecule has 0 radical (unpaired) electrons. The average Bonchev–Trinajstić information content (AvgIpc) is 3.23. The van der Waals surface area contributed by atoms with Crippen molar-refractivity contribution in [3.8, 4) is 11.5 Å². The van der Waals surface area contributed by atoms with E-state index in [1.807, 2.05) is 54.6 Å². The third-order valence-electron chi connectivity index (χ3n) is 5.49. The van der Waals surface area contributed by atoms with Gasteiger partial charge in [-0.1, -0.05) is 48.5 Å². The zero-order chi connectivity index (χ0) is 21.9. The summed E-state index contributed by atoms with van der Waals surface area (Å²) >= 11 is 0. The normalized spacial score (nSPS) is 16.2. The van der Waals surface area contributed by atoms with Crippen LogP contribution in [0.4, 0.5) is 16.2 Å². The lowest BCUT2D eigenvalue weighted by Crippen LogP contribution is -2.45. The molecule has 3 aromatic carbocycles. The zero-order valence-electron chi connectivity index (χ0n) is 17.3. The van der Waals surface area contributed by atoms with Gasteiger partial charge in [0.25, 0.3) is 0 Å². The molecule has 7 nitrogen and oxygen atoms in total. The molecule has 0 fully saturated rings. The molecular formula is C25H22N2O5. The number of anilines is 2. The number of nitrogens with one attached hydrogen (secondary N) is 1. The molecule has 2 heterocycles. The molecule has 0 saturated heterocycles. The van der Waals surface area contributed by atoms with E-state index in [4.69, 9.17) is 14.2 Å². The number of fused-ring (bicyclic) bond motifs is 2. The second-order valence-electron chi connectivity index (χ2n) is 7.61. The van der Waals surface area contributed by atoms with Gasteiger partial charge in [-0.05, 0) is 29.3 Å². The SMILES string of the molecule is O=C(Nc1ccc2c(c1)OCCO2)[C@H]1Cc2ccccc2N1C(=O)OCc1ccccc1. The van der Waals surface area contributed by atoms with Crippen molar-refractivity contribution in [1.29, 1.82) is 0 Å².